The van der Waals surface area contributed by atoms with Gasteiger partial charge in [0, 0.05) is 31.6 Å². The molecule has 3 rings (SSSR count). The number of nitrogens with zero attached hydrogens (tertiary/aromatic N) is 4. The third-order valence-corrected chi connectivity index (χ3v) is 4.36. The number of benzene rings is 1. The predicted octanol–water partition coefficient (Wildman–Crippen LogP) is 2.74. The molecule has 2 heterocycles. The van der Waals surface area contributed by atoms with E-state index in [0.29, 0.717) is 0 Å². The molecular weight excluding hydrogens is 264 g/mol. The Balaban J connectivity index is 1.77. The molecule has 1 aromatic heterocycles. The summed E-state index contributed by atoms with van der Waals surface area (Å²) >= 11 is 0. The Labute approximate surface area is 125 Å². The number of amides is 2. The van der Waals surface area contributed by atoms with Crippen LogP contribution in [0.25, 0.3) is 10.9 Å². The van der Waals surface area contributed by atoms with Crippen molar-refractivity contribution in [3.8, 4) is 0 Å². The first-order valence-corrected chi connectivity index (χ1v) is 7.52. The van der Waals surface area contributed by atoms with E-state index in [2.05, 4.69) is 21.9 Å². The maximum absolute atomic E-state index is 12.4. The summed E-state index contributed by atoms with van der Waals surface area (Å²) in [7, 11) is 1.86. The average Bonchev–Trinajstić information content (AvgIpc) is 3.11. The highest BCUT2D eigenvalue weighted by molar-refractivity contribution is 5.78. The third kappa shape index (κ3) is 2.48. The third-order valence-electron chi connectivity index (χ3n) is 4.36. The molecule has 0 N–H and O–H groups in total. The summed E-state index contributed by atoms with van der Waals surface area (Å²) in [5.41, 5.74) is 1.15. The van der Waals surface area contributed by atoms with Crippen molar-refractivity contribution in [3.63, 3.8) is 0 Å². The summed E-state index contributed by atoms with van der Waals surface area (Å²) in [6.45, 7) is 5.61. The van der Waals surface area contributed by atoms with Gasteiger partial charge in [-0.1, -0.05) is 18.2 Å². The average molecular weight is 286 g/mol. The predicted molar refractivity (Wildman–Crippen MR) is 83.3 cm³/mol. The van der Waals surface area contributed by atoms with Gasteiger partial charge in [0.1, 0.15) is 0 Å². The van der Waals surface area contributed by atoms with Gasteiger partial charge < -0.3 is 9.80 Å². The van der Waals surface area contributed by atoms with E-state index in [4.69, 9.17) is 0 Å². The summed E-state index contributed by atoms with van der Waals surface area (Å²) in [6, 6.07) is 8.83. The van der Waals surface area contributed by atoms with E-state index < -0.39 is 0 Å². The van der Waals surface area contributed by atoms with Gasteiger partial charge in [-0.3, -0.25) is 4.68 Å². The molecule has 2 amide bonds. The minimum atomic E-state index is 0.115. The minimum Gasteiger partial charge on any atom is -0.325 e. The Bertz CT molecular complexity index is 649. The Morgan fingerprint density at radius 3 is 2.90 bits per heavy atom. The van der Waals surface area contributed by atoms with Crippen LogP contribution in [0, 0.1) is 0 Å². The molecule has 0 spiro atoms. The van der Waals surface area contributed by atoms with E-state index in [1.54, 1.807) is 4.90 Å². The molecule has 1 aliphatic rings. The van der Waals surface area contributed by atoms with Crippen LogP contribution in [0.4, 0.5) is 4.79 Å². The second-order valence-electron chi connectivity index (χ2n) is 6.02. The SMILES string of the molecule is CC(C)N(C)C(=O)N1CCC(n2ncc3ccccc32)C1. The minimum absolute atomic E-state index is 0.115. The summed E-state index contributed by atoms with van der Waals surface area (Å²) < 4.78 is 2.07. The number of para-hydroxylation sites is 1. The molecule has 1 fully saturated rings. The van der Waals surface area contributed by atoms with Crippen molar-refractivity contribution in [3.05, 3.63) is 30.5 Å². The largest absolute Gasteiger partial charge is 0.325 e. The molecule has 112 valence electrons. The summed E-state index contributed by atoms with van der Waals surface area (Å²) in [5, 5.41) is 5.67. The molecule has 0 aliphatic carbocycles. The molecule has 1 atom stereocenters. The van der Waals surface area contributed by atoms with Crippen LogP contribution in [-0.2, 0) is 0 Å². The highest BCUT2D eigenvalue weighted by Crippen LogP contribution is 2.26. The van der Waals surface area contributed by atoms with Crippen molar-refractivity contribution < 1.29 is 4.79 Å². The lowest BCUT2D eigenvalue weighted by Crippen LogP contribution is -2.43. The number of likely N-dealkylation sites (tertiary alicyclic amines) is 1. The summed E-state index contributed by atoms with van der Waals surface area (Å²) in [5.74, 6) is 0. The highest BCUT2D eigenvalue weighted by Gasteiger charge is 2.30. The first-order valence-electron chi connectivity index (χ1n) is 7.52. The molecule has 1 saturated heterocycles. The number of hydrogen-bond acceptors (Lipinski definition) is 2. The van der Waals surface area contributed by atoms with Crippen LogP contribution >= 0.6 is 0 Å². The van der Waals surface area contributed by atoms with Gasteiger partial charge in [0.25, 0.3) is 0 Å². The van der Waals surface area contributed by atoms with Gasteiger partial charge >= 0.3 is 6.03 Å². The van der Waals surface area contributed by atoms with Crippen molar-refractivity contribution >= 4 is 16.9 Å². The van der Waals surface area contributed by atoms with Crippen molar-refractivity contribution in [2.75, 3.05) is 20.1 Å². The number of rotatable bonds is 2. The molecule has 21 heavy (non-hydrogen) atoms. The Morgan fingerprint density at radius 2 is 2.14 bits per heavy atom. The van der Waals surface area contributed by atoms with E-state index in [1.807, 2.05) is 44.1 Å². The smallest absolute Gasteiger partial charge is 0.320 e. The van der Waals surface area contributed by atoms with Gasteiger partial charge in [-0.2, -0.15) is 5.10 Å². The van der Waals surface area contributed by atoms with Crippen molar-refractivity contribution in [2.24, 2.45) is 0 Å². The molecular formula is C16H22N4O. The van der Waals surface area contributed by atoms with Crippen molar-refractivity contribution in [1.29, 1.82) is 0 Å². The van der Waals surface area contributed by atoms with Crippen LogP contribution in [0.2, 0.25) is 0 Å². The highest BCUT2D eigenvalue weighted by atomic mass is 16.2. The first-order chi connectivity index (χ1) is 10.1. The Morgan fingerprint density at radius 1 is 1.38 bits per heavy atom. The second kappa shape index (κ2) is 5.39. The van der Waals surface area contributed by atoms with E-state index in [1.165, 1.54) is 0 Å². The number of carbonyl (C=O) groups excluding carboxylic acids is 1. The van der Waals surface area contributed by atoms with E-state index in [0.717, 1.165) is 30.4 Å². The molecule has 5 nitrogen and oxygen atoms in total. The monoisotopic (exact) mass is 286 g/mol. The van der Waals surface area contributed by atoms with Crippen LogP contribution in [0.5, 0.6) is 0 Å². The van der Waals surface area contributed by atoms with Crippen LogP contribution in [0.3, 0.4) is 0 Å². The number of hydrogen-bond donors (Lipinski definition) is 0. The zero-order chi connectivity index (χ0) is 15.0. The van der Waals surface area contributed by atoms with Gasteiger partial charge in [-0.15, -0.1) is 0 Å². The topological polar surface area (TPSA) is 41.4 Å². The lowest BCUT2D eigenvalue weighted by molar-refractivity contribution is 0.160. The summed E-state index contributed by atoms with van der Waals surface area (Å²) in [6.07, 6.45) is 2.86. The van der Waals surface area contributed by atoms with Gasteiger partial charge in [-0.05, 0) is 26.3 Å². The van der Waals surface area contributed by atoms with E-state index >= 15 is 0 Å². The summed E-state index contributed by atoms with van der Waals surface area (Å²) in [4.78, 5) is 16.1. The maximum Gasteiger partial charge on any atom is 0.320 e. The molecule has 0 saturated carbocycles. The number of carbonyl (C=O) groups is 1. The van der Waals surface area contributed by atoms with Crippen LogP contribution in [-0.4, -0.2) is 51.8 Å². The fourth-order valence-corrected chi connectivity index (χ4v) is 2.84. The van der Waals surface area contributed by atoms with Crippen molar-refractivity contribution in [1.82, 2.24) is 19.6 Å². The molecule has 1 aromatic carbocycles. The zero-order valence-electron chi connectivity index (χ0n) is 12.9. The van der Waals surface area contributed by atoms with Gasteiger partial charge in [0.15, 0.2) is 0 Å². The quantitative estimate of drug-likeness (QED) is 0.852. The first kappa shape index (κ1) is 13.9. The van der Waals surface area contributed by atoms with Gasteiger partial charge in [0.05, 0.1) is 17.8 Å². The fourth-order valence-electron chi connectivity index (χ4n) is 2.84. The van der Waals surface area contributed by atoms with Gasteiger partial charge in [-0.25, -0.2) is 4.79 Å². The molecule has 0 radical (unpaired) electrons. The lowest BCUT2D eigenvalue weighted by Gasteiger charge is -2.27. The Hall–Kier alpha value is -2.04. The number of aromatic nitrogens is 2. The van der Waals surface area contributed by atoms with E-state index in [9.17, 15) is 4.79 Å². The molecule has 5 heteroatoms. The second-order valence-corrected chi connectivity index (χ2v) is 6.02. The molecule has 1 aliphatic heterocycles. The zero-order valence-corrected chi connectivity index (χ0v) is 12.9. The standard InChI is InChI=1S/C16H22N4O/c1-12(2)18(3)16(21)19-9-8-14(11-19)20-15-7-5-4-6-13(15)10-17-20/h4-7,10,12,14H,8-9,11H2,1-3H3. The molecule has 0 bridgehead atoms. The Kier molecular flexibility index (Phi) is 3.57. The van der Waals surface area contributed by atoms with E-state index in [-0.39, 0.29) is 18.1 Å². The number of urea groups is 1. The van der Waals surface area contributed by atoms with Gasteiger partial charge in [0.2, 0.25) is 0 Å². The lowest BCUT2D eigenvalue weighted by atomic mass is 10.2. The van der Waals surface area contributed by atoms with Crippen LogP contribution < -0.4 is 0 Å². The molecule has 2 aromatic rings. The van der Waals surface area contributed by atoms with Crippen molar-refractivity contribution in [2.45, 2.75) is 32.4 Å². The number of fused-ring (bicyclic) bond motifs is 1. The van der Waals surface area contributed by atoms with Crippen LogP contribution in [0.15, 0.2) is 30.5 Å². The fraction of sp³-hybridized carbons (Fsp3) is 0.500. The maximum atomic E-state index is 12.4. The molecule has 1 unspecified atom stereocenters. The normalized spacial score (nSPS) is 18.7. The van der Waals surface area contributed by atoms with Crippen LogP contribution in [0.1, 0.15) is 26.3 Å².